The summed E-state index contributed by atoms with van der Waals surface area (Å²) in [6.07, 6.45) is 0. The number of hydrogen-bond acceptors (Lipinski definition) is 5. The van der Waals surface area contributed by atoms with Crippen molar-refractivity contribution in [2.45, 2.75) is 6.54 Å². The highest BCUT2D eigenvalue weighted by atomic mass is 32.1. The predicted molar refractivity (Wildman–Crippen MR) is 58.0 cm³/mol. The lowest BCUT2D eigenvalue weighted by Gasteiger charge is -2.06. The van der Waals surface area contributed by atoms with Crippen molar-refractivity contribution < 1.29 is 8.78 Å². The first kappa shape index (κ1) is 10.7. The highest BCUT2D eigenvalue weighted by molar-refractivity contribution is 7.07. The van der Waals surface area contributed by atoms with E-state index in [1.807, 2.05) is 5.38 Å². The number of aromatic nitrogens is 2. The van der Waals surface area contributed by atoms with Gasteiger partial charge in [-0.1, -0.05) is 0 Å². The zero-order valence-electron chi connectivity index (χ0n) is 8.08. The minimum atomic E-state index is -0.864. The standard InChI is InChI=1S/C9H8F2N4S/c10-6-1-7(11)9(15-8(6)12)13-2-5-3-16-4-14-5/h1,3-4H,2H2,(H3,12,13,15). The smallest absolute Gasteiger partial charge is 0.168 e. The van der Waals surface area contributed by atoms with Crippen LogP contribution in [0.2, 0.25) is 0 Å². The quantitative estimate of drug-likeness (QED) is 0.864. The summed E-state index contributed by atoms with van der Waals surface area (Å²) in [6, 6.07) is 0.700. The minimum Gasteiger partial charge on any atom is -0.381 e. The molecular weight excluding hydrogens is 234 g/mol. The number of nitrogens with one attached hydrogen (secondary N) is 1. The van der Waals surface area contributed by atoms with Gasteiger partial charge in [0.05, 0.1) is 17.7 Å². The Bertz CT molecular complexity index is 487. The molecule has 84 valence electrons. The van der Waals surface area contributed by atoms with Crippen molar-refractivity contribution in [2.24, 2.45) is 0 Å². The zero-order chi connectivity index (χ0) is 11.5. The highest BCUT2D eigenvalue weighted by Crippen LogP contribution is 2.17. The molecule has 0 radical (unpaired) electrons. The summed E-state index contributed by atoms with van der Waals surface area (Å²) in [6.45, 7) is 0.318. The first-order valence-corrected chi connectivity index (χ1v) is 5.33. The Labute approximate surface area is 94.2 Å². The van der Waals surface area contributed by atoms with E-state index in [0.29, 0.717) is 12.6 Å². The molecule has 0 saturated carbocycles. The van der Waals surface area contributed by atoms with Gasteiger partial charge in [-0.3, -0.25) is 0 Å². The molecule has 0 atom stereocenters. The average Bonchev–Trinajstić information content (AvgIpc) is 2.74. The summed E-state index contributed by atoms with van der Waals surface area (Å²) >= 11 is 1.43. The summed E-state index contributed by atoms with van der Waals surface area (Å²) in [5, 5.41) is 4.51. The normalized spacial score (nSPS) is 10.4. The summed E-state index contributed by atoms with van der Waals surface area (Å²) in [5.41, 5.74) is 7.66. The number of thiazole rings is 1. The minimum absolute atomic E-state index is 0.0769. The Morgan fingerprint density at radius 2 is 2.19 bits per heavy atom. The average molecular weight is 242 g/mol. The van der Waals surface area contributed by atoms with Crippen LogP contribution in [0.25, 0.3) is 0 Å². The number of nitrogens with two attached hydrogens (primary N) is 1. The van der Waals surface area contributed by atoms with Crippen molar-refractivity contribution in [3.63, 3.8) is 0 Å². The summed E-state index contributed by atoms with van der Waals surface area (Å²) in [7, 11) is 0. The fourth-order valence-corrected chi connectivity index (χ4v) is 1.66. The van der Waals surface area contributed by atoms with Crippen LogP contribution in [0.4, 0.5) is 20.4 Å². The van der Waals surface area contributed by atoms with Gasteiger partial charge in [0.25, 0.3) is 0 Å². The van der Waals surface area contributed by atoms with Gasteiger partial charge >= 0.3 is 0 Å². The molecule has 2 heterocycles. The molecule has 0 aliphatic heterocycles. The third-order valence-corrected chi connectivity index (χ3v) is 2.51. The van der Waals surface area contributed by atoms with Gasteiger partial charge in [-0.15, -0.1) is 11.3 Å². The van der Waals surface area contributed by atoms with Crippen LogP contribution in [0, 0.1) is 11.6 Å². The lowest BCUT2D eigenvalue weighted by Crippen LogP contribution is -2.07. The van der Waals surface area contributed by atoms with Crippen LogP contribution in [-0.4, -0.2) is 9.97 Å². The first-order valence-electron chi connectivity index (χ1n) is 4.39. The molecule has 0 spiro atoms. The van der Waals surface area contributed by atoms with Crippen LogP contribution in [0.5, 0.6) is 0 Å². The van der Waals surface area contributed by atoms with E-state index in [2.05, 4.69) is 15.3 Å². The number of anilines is 2. The van der Waals surface area contributed by atoms with Crippen LogP contribution in [0.3, 0.4) is 0 Å². The monoisotopic (exact) mass is 242 g/mol. The van der Waals surface area contributed by atoms with Crippen LogP contribution < -0.4 is 11.1 Å². The second-order valence-electron chi connectivity index (χ2n) is 3.02. The van der Waals surface area contributed by atoms with Gasteiger partial charge in [-0.2, -0.15) is 0 Å². The topological polar surface area (TPSA) is 63.8 Å². The molecule has 7 heteroatoms. The number of nitrogen functional groups attached to an aromatic ring is 1. The van der Waals surface area contributed by atoms with Gasteiger partial charge in [-0.25, -0.2) is 18.7 Å². The van der Waals surface area contributed by atoms with E-state index >= 15 is 0 Å². The SMILES string of the molecule is Nc1nc(NCc2cscn2)c(F)cc1F. The van der Waals surface area contributed by atoms with E-state index in [0.717, 1.165) is 5.69 Å². The molecule has 0 aromatic carbocycles. The van der Waals surface area contributed by atoms with Crippen molar-refractivity contribution in [3.05, 3.63) is 34.3 Å². The van der Waals surface area contributed by atoms with E-state index in [4.69, 9.17) is 5.73 Å². The maximum Gasteiger partial charge on any atom is 0.168 e. The van der Waals surface area contributed by atoms with Gasteiger partial charge < -0.3 is 11.1 Å². The number of halogens is 2. The van der Waals surface area contributed by atoms with E-state index in [1.54, 1.807) is 5.51 Å². The summed E-state index contributed by atoms with van der Waals surface area (Å²) in [4.78, 5) is 7.57. The van der Waals surface area contributed by atoms with Crippen LogP contribution in [-0.2, 0) is 6.54 Å². The van der Waals surface area contributed by atoms with Crippen LogP contribution in [0.15, 0.2) is 17.0 Å². The van der Waals surface area contributed by atoms with E-state index < -0.39 is 11.6 Å². The Balaban J connectivity index is 2.12. The van der Waals surface area contributed by atoms with Crippen molar-refractivity contribution in [2.75, 3.05) is 11.1 Å². The molecule has 0 bridgehead atoms. The lowest BCUT2D eigenvalue weighted by atomic mass is 10.4. The third-order valence-electron chi connectivity index (χ3n) is 1.88. The number of pyridine rings is 1. The zero-order valence-corrected chi connectivity index (χ0v) is 8.89. The summed E-state index contributed by atoms with van der Waals surface area (Å²) < 4.78 is 26.0. The second-order valence-corrected chi connectivity index (χ2v) is 3.74. The fourth-order valence-electron chi connectivity index (χ4n) is 1.10. The van der Waals surface area contributed by atoms with Crippen LogP contribution >= 0.6 is 11.3 Å². The summed E-state index contributed by atoms with van der Waals surface area (Å²) in [5.74, 6) is -2.05. The maximum atomic E-state index is 13.2. The molecule has 0 amide bonds. The molecule has 2 aromatic rings. The van der Waals surface area contributed by atoms with Crippen molar-refractivity contribution in [3.8, 4) is 0 Å². The van der Waals surface area contributed by atoms with Gasteiger partial charge in [0.1, 0.15) is 0 Å². The Morgan fingerprint density at radius 3 is 2.88 bits per heavy atom. The first-order chi connectivity index (χ1) is 7.66. The van der Waals surface area contributed by atoms with Crippen molar-refractivity contribution >= 4 is 23.0 Å². The number of rotatable bonds is 3. The third kappa shape index (κ3) is 2.25. The molecule has 2 rings (SSSR count). The Hall–Kier alpha value is -1.76. The van der Waals surface area contributed by atoms with E-state index in [-0.39, 0.29) is 11.6 Å². The molecule has 0 unspecified atom stereocenters. The lowest BCUT2D eigenvalue weighted by molar-refractivity contribution is 0.579. The largest absolute Gasteiger partial charge is 0.381 e. The van der Waals surface area contributed by atoms with Gasteiger partial charge in [0.2, 0.25) is 0 Å². The highest BCUT2D eigenvalue weighted by Gasteiger charge is 2.09. The Kier molecular flexibility index (Phi) is 2.95. The maximum absolute atomic E-state index is 13.2. The molecule has 3 N–H and O–H groups in total. The van der Waals surface area contributed by atoms with Gasteiger partial charge in [-0.05, 0) is 0 Å². The van der Waals surface area contributed by atoms with Crippen LogP contribution in [0.1, 0.15) is 5.69 Å². The van der Waals surface area contributed by atoms with Crippen molar-refractivity contribution in [1.29, 1.82) is 0 Å². The Morgan fingerprint density at radius 1 is 1.38 bits per heavy atom. The van der Waals surface area contributed by atoms with Gasteiger partial charge in [0.15, 0.2) is 23.3 Å². The fraction of sp³-hybridized carbons (Fsp3) is 0.111. The molecule has 16 heavy (non-hydrogen) atoms. The molecular formula is C9H8F2N4S. The molecule has 0 aliphatic carbocycles. The number of hydrogen-bond donors (Lipinski definition) is 2. The van der Waals surface area contributed by atoms with Gasteiger partial charge in [0, 0.05) is 11.4 Å². The molecule has 0 fully saturated rings. The molecule has 2 aromatic heterocycles. The molecule has 0 aliphatic rings. The van der Waals surface area contributed by atoms with Crippen molar-refractivity contribution in [1.82, 2.24) is 9.97 Å². The second kappa shape index (κ2) is 4.40. The van der Waals surface area contributed by atoms with E-state index in [9.17, 15) is 8.78 Å². The van der Waals surface area contributed by atoms with E-state index in [1.165, 1.54) is 11.3 Å². The molecule has 0 saturated heterocycles. The predicted octanol–water partition coefficient (Wildman–Crippen LogP) is 2.01. The molecule has 4 nitrogen and oxygen atoms in total. The number of nitrogens with zero attached hydrogens (tertiary/aromatic N) is 2.